The van der Waals surface area contributed by atoms with Gasteiger partial charge in [-0.2, -0.15) is 0 Å². The highest BCUT2D eigenvalue weighted by molar-refractivity contribution is 6.16. The monoisotopic (exact) mass is 371 g/mol. The van der Waals surface area contributed by atoms with E-state index in [9.17, 15) is 14.4 Å². The number of nitrogens with one attached hydrogen (secondary N) is 1. The molecule has 0 aromatic rings. The first-order valence-corrected chi connectivity index (χ1v) is 10.9. The number of carbonyl (C=O) groups excluding carboxylic acids is 3. The maximum atomic E-state index is 13.3. The first-order valence-electron chi connectivity index (χ1n) is 10.9. The minimum Gasteiger partial charge on any atom is -0.342 e. The minimum absolute atomic E-state index is 0.0490. The second-order valence-corrected chi connectivity index (χ2v) is 8.36. The molecule has 0 saturated carbocycles. The predicted octanol–water partition coefficient (Wildman–Crippen LogP) is 4.44. The second kappa shape index (κ2) is 8.99. The number of rotatable bonds is 1. The summed E-state index contributed by atoms with van der Waals surface area (Å²) in [5, 5.41) is 3.11. The normalized spacial score (nSPS) is 33.4. The summed E-state index contributed by atoms with van der Waals surface area (Å²) >= 11 is 0. The van der Waals surface area contributed by atoms with Gasteiger partial charge in [-0.05, 0) is 37.3 Å². The van der Waals surface area contributed by atoms with Crippen LogP contribution in [-0.2, 0) is 14.4 Å². The lowest BCUT2D eigenvalue weighted by Gasteiger charge is -2.47. The van der Waals surface area contributed by atoms with E-state index in [0.29, 0.717) is 24.8 Å². The molecule has 3 unspecified atom stereocenters. The largest absolute Gasteiger partial charge is 0.342 e. The predicted molar refractivity (Wildman–Crippen MR) is 106 cm³/mol. The number of hydrogen-bond acceptors (Lipinski definition) is 3. The molecule has 1 aliphatic heterocycles. The van der Waals surface area contributed by atoms with Crippen molar-refractivity contribution in [2.45, 2.75) is 89.5 Å². The van der Waals surface area contributed by atoms with Crippen molar-refractivity contribution in [1.82, 2.24) is 5.32 Å². The zero-order valence-corrected chi connectivity index (χ0v) is 16.6. The summed E-state index contributed by atoms with van der Waals surface area (Å²) in [6.45, 7) is 1.91. The molecule has 3 aliphatic rings. The van der Waals surface area contributed by atoms with Gasteiger partial charge in [0.15, 0.2) is 11.6 Å². The van der Waals surface area contributed by atoms with Crippen LogP contribution in [0.4, 0.5) is 0 Å². The highest BCUT2D eigenvalue weighted by Crippen LogP contribution is 2.43. The van der Waals surface area contributed by atoms with E-state index >= 15 is 0 Å². The van der Waals surface area contributed by atoms with E-state index in [1.165, 1.54) is 31.8 Å². The Hall–Kier alpha value is -1.71. The zero-order valence-electron chi connectivity index (χ0n) is 16.6. The molecule has 27 heavy (non-hydrogen) atoms. The standard InChI is InChI=1S/C23H33NO3/c1-2-17-16-20(25)23-18(13-11-14-19(23)22(17)27)12-9-7-5-3-4-6-8-10-15-21(26)24-23/h11,13,16,18-19H,2-10,12,14-15H2,1H3,(H,24,26). The molecule has 148 valence electrons. The number of Topliss-reactive ketones (excluding diaryl/α,β-unsaturated/α-hetero) is 1. The molecule has 1 heterocycles. The highest BCUT2D eigenvalue weighted by atomic mass is 16.2. The van der Waals surface area contributed by atoms with Gasteiger partial charge in [-0.15, -0.1) is 0 Å². The van der Waals surface area contributed by atoms with E-state index < -0.39 is 11.5 Å². The van der Waals surface area contributed by atoms with Crippen molar-refractivity contribution in [3.05, 3.63) is 23.8 Å². The van der Waals surface area contributed by atoms with Gasteiger partial charge in [0, 0.05) is 12.3 Å². The molecule has 4 heteroatoms. The molecular formula is C23H33NO3. The molecular weight excluding hydrogens is 338 g/mol. The number of ketones is 2. The first kappa shape index (κ1) is 20.0. The van der Waals surface area contributed by atoms with Gasteiger partial charge in [0.2, 0.25) is 5.91 Å². The van der Waals surface area contributed by atoms with E-state index in [1.807, 2.05) is 13.0 Å². The van der Waals surface area contributed by atoms with Crippen LogP contribution < -0.4 is 5.32 Å². The lowest BCUT2D eigenvalue weighted by molar-refractivity contribution is -0.140. The summed E-state index contributed by atoms with van der Waals surface area (Å²) in [6.07, 6.45) is 17.0. The van der Waals surface area contributed by atoms with Crippen molar-refractivity contribution in [1.29, 1.82) is 0 Å². The number of carbonyl (C=O) groups is 3. The van der Waals surface area contributed by atoms with Gasteiger partial charge in [-0.1, -0.05) is 64.0 Å². The fraction of sp³-hybridized carbons (Fsp3) is 0.696. The Labute approximate surface area is 162 Å². The Kier molecular flexibility index (Phi) is 6.67. The lowest BCUT2D eigenvalue weighted by Crippen LogP contribution is -2.67. The average Bonchev–Trinajstić information content (AvgIpc) is 2.66. The van der Waals surface area contributed by atoms with Crippen LogP contribution in [0.25, 0.3) is 0 Å². The van der Waals surface area contributed by atoms with E-state index in [1.54, 1.807) is 0 Å². The van der Waals surface area contributed by atoms with E-state index in [2.05, 4.69) is 11.4 Å². The summed E-state index contributed by atoms with van der Waals surface area (Å²) in [5.74, 6) is -0.635. The summed E-state index contributed by atoms with van der Waals surface area (Å²) in [5.41, 5.74) is -0.454. The molecule has 0 radical (unpaired) electrons. The van der Waals surface area contributed by atoms with Gasteiger partial charge in [-0.25, -0.2) is 0 Å². The fourth-order valence-electron chi connectivity index (χ4n) is 5.06. The Morgan fingerprint density at radius 1 is 1.00 bits per heavy atom. The number of hydrogen-bond donors (Lipinski definition) is 1. The topological polar surface area (TPSA) is 63.2 Å². The SMILES string of the molecule is CCC1=CC(=O)C23NC(=O)CCCCCCCCCCC2C=CCC3C1=O. The van der Waals surface area contributed by atoms with Crippen LogP contribution in [0.1, 0.15) is 84.0 Å². The highest BCUT2D eigenvalue weighted by Gasteiger charge is 2.56. The Bertz CT molecular complexity index is 648. The Morgan fingerprint density at radius 2 is 1.67 bits per heavy atom. The number of amides is 1. The van der Waals surface area contributed by atoms with Gasteiger partial charge < -0.3 is 5.32 Å². The maximum absolute atomic E-state index is 13.3. The molecule has 1 N–H and O–H groups in total. The van der Waals surface area contributed by atoms with Crippen LogP contribution in [0.15, 0.2) is 23.8 Å². The minimum atomic E-state index is -1.06. The van der Waals surface area contributed by atoms with E-state index in [4.69, 9.17) is 0 Å². The Morgan fingerprint density at radius 3 is 2.37 bits per heavy atom. The third kappa shape index (κ3) is 4.09. The maximum Gasteiger partial charge on any atom is 0.220 e. The number of allylic oxidation sites excluding steroid dienone is 2. The van der Waals surface area contributed by atoms with Gasteiger partial charge in [0.25, 0.3) is 0 Å². The van der Waals surface area contributed by atoms with Crippen LogP contribution in [0.2, 0.25) is 0 Å². The summed E-state index contributed by atoms with van der Waals surface area (Å²) in [6, 6.07) is 0. The van der Waals surface area contributed by atoms with Crippen LogP contribution in [0.3, 0.4) is 0 Å². The van der Waals surface area contributed by atoms with Gasteiger partial charge in [-0.3, -0.25) is 14.4 Å². The molecule has 2 aliphatic carbocycles. The molecule has 1 fully saturated rings. The molecule has 1 saturated heterocycles. The van der Waals surface area contributed by atoms with Crippen molar-refractivity contribution in [3.8, 4) is 0 Å². The van der Waals surface area contributed by atoms with Crippen molar-refractivity contribution < 1.29 is 14.4 Å². The van der Waals surface area contributed by atoms with Crippen molar-refractivity contribution in [3.63, 3.8) is 0 Å². The average molecular weight is 372 g/mol. The van der Waals surface area contributed by atoms with Crippen LogP contribution >= 0.6 is 0 Å². The fourth-order valence-corrected chi connectivity index (χ4v) is 5.06. The van der Waals surface area contributed by atoms with Gasteiger partial charge in [0.05, 0.1) is 5.92 Å². The Balaban J connectivity index is 1.94. The summed E-state index contributed by atoms with van der Waals surface area (Å²) in [7, 11) is 0. The molecule has 0 aromatic heterocycles. The molecule has 1 amide bonds. The van der Waals surface area contributed by atoms with Gasteiger partial charge >= 0.3 is 0 Å². The lowest BCUT2D eigenvalue weighted by atomic mass is 9.60. The summed E-state index contributed by atoms with van der Waals surface area (Å²) < 4.78 is 0. The van der Waals surface area contributed by atoms with Crippen molar-refractivity contribution in [2.75, 3.05) is 0 Å². The quantitative estimate of drug-likeness (QED) is 0.693. The molecule has 0 bridgehead atoms. The molecule has 0 aromatic carbocycles. The van der Waals surface area contributed by atoms with Crippen LogP contribution in [0.5, 0.6) is 0 Å². The zero-order chi connectivity index (χ0) is 19.3. The molecule has 3 atom stereocenters. The van der Waals surface area contributed by atoms with Crippen molar-refractivity contribution >= 4 is 17.5 Å². The molecule has 1 spiro atoms. The third-order valence-corrected chi connectivity index (χ3v) is 6.62. The third-order valence-electron chi connectivity index (χ3n) is 6.62. The van der Waals surface area contributed by atoms with Crippen molar-refractivity contribution in [2.24, 2.45) is 11.8 Å². The summed E-state index contributed by atoms with van der Waals surface area (Å²) in [4.78, 5) is 39.1. The first-order chi connectivity index (χ1) is 13.1. The van der Waals surface area contributed by atoms with E-state index in [-0.39, 0.29) is 23.4 Å². The molecule has 3 rings (SSSR count). The van der Waals surface area contributed by atoms with Crippen LogP contribution in [-0.4, -0.2) is 23.0 Å². The smallest absolute Gasteiger partial charge is 0.220 e. The van der Waals surface area contributed by atoms with Crippen LogP contribution in [0, 0.1) is 11.8 Å². The molecule has 4 nitrogen and oxygen atoms in total. The van der Waals surface area contributed by atoms with E-state index in [0.717, 1.165) is 32.1 Å². The van der Waals surface area contributed by atoms with Gasteiger partial charge in [0.1, 0.15) is 5.54 Å². The second-order valence-electron chi connectivity index (χ2n) is 8.36.